The molecule has 1 fully saturated rings. The number of para-hydroxylation sites is 1. The lowest BCUT2D eigenvalue weighted by molar-refractivity contribution is 0.0757. The summed E-state index contributed by atoms with van der Waals surface area (Å²) in [6, 6.07) is 10.2. The first-order valence-corrected chi connectivity index (χ1v) is 8.25. The molecule has 1 aliphatic rings. The molecule has 0 aliphatic carbocycles. The lowest BCUT2D eigenvalue weighted by Crippen LogP contribution is -2.55. The molecular formula is C15H16N2O4S. The maximum Gasteiger partial charge on any atom is 0.247 e. The Bertz CT molecular complexity index is 743. The minimum absolute atomic E-state index is 0.159. The summed E-state index contributed by atoms with van der Waals surface area (Å²) in [5.74, 6) is 0.987. The Hall–Kier alpha value is -2.12. The van der Waals surface area contributed by atoms with Gasteiger partial charge in [0.2, 0.25) is 10.0 Å². The van der Waals surface area contributed by atoms with Crippen LogP contribution in [0.15, 0.2) is 53.7 Å². The van der Waals surface area contributed by atoms with Crippen molar-refractivity contribution in [1.29, 1.82) is 0 Å². The van der Waals surface area contributed by atoms with E-state index in [-0.39, 0.29) is 11.0 Å². The molecule has 0 spiro atoms. The average molecular weight is 320 g/mol. The number of ether oxygens (including phenoxy) is 2. The second kappa shape index (κ2) is 5.94. The predicted molar refractivity (Wildman–Crippen MR) is 80.4 cm³/mol. The Kier molecular flexibility index (Phi) is 4.00. The molecule has 7 heteroatoms. The minimum Gasteiger partial charge on any atom is -0.495 e. The lowest BCUT2D eigenvalue weighted by atomic mass is 10.2. The van der Waals surface area contributed by atoms with Crippen LogP contribution in [-0.4, -0.2) is 44.0 Å². The van der Waals surface area contributed by atoms with Crippen LogP contribution >= 0.6 is 0 Å². The van der Waals surface area contributed by atoms with Gasteiger partial charge in [-0.1, -0.05) is 12.1 Å². The summed E-state index contributed by atoms with van der Waals surface area (Å²) >= 11 is 0. The first kappa shape index (κ1) is 14.8. The monoisotopic (exact) mass is 320 g/mol. The fourth-order valence-electron chi connectivity index (χ4n) is 2.25. The summed E-state index contributed by atoms with van der Waals surface area (Å²) in [7, 11) is -2.10. The fourth-order valence-corrected chi connectivity index (χ4v) is 3.91. The summed E-state index contributed by atoms with van der Waals surface area (Å²) in [6.07, 6.45) is 3.11. The third-order valence-corrected chi connectivity index (χ3v) is 5.31. The van der Waals surface area contributed by atoms with Gasteiger partial charge >= 0.3 is 0 Å². The number of nitrogens with zero attached hydrogens (tertiary/aromatic N) is 2. The standard InChI is InChI=1S/C15H16N2O4S/c1-20-14-6-2-3-7-15(14)22(18,19)17-10-13(11-17)21-12-5-4-8-16-9-12/h2-9,13H,10-11H2,1H3. The lowest BCUT2D eigenvalue weighted by Gasteiger charge is -2.37. The molecule has 2 aromatic rings. The Labute approximate surface area is 129 Å². The highest BCUT2D eigenvalue weighted by Gasteiger charge is 2.39. The molecule has 2 heterocycles. The molecule has 0 radical (unpaired) electrons. The molecule has 22 heavy (non-hydrogen) atoms. The molecule has 3 rings (SSSR count). The highest BCUT2D eigenvalue weighted by atomic mass is 32.2. The van der Waals surface area contributed by atoms with Crippen molar-refractivity contribution < 1.29 is 17.9 Å². The highest BCUT2D eigenvalue weighted by molar-refractivity contribution is 7.89. The van der Waals surface area contributed by atoms with Gasteiger partial charge in [-0.3, -0.25) is 4.98 Å². The van der Waals surface area contributed by atoms with E-state index >= 15 is 0 Å². The summed E-state index contributed by atoms with van der Waals surface area (Å²) in [4.78, 5) is 4.14. The molecule has 0 amide bonds. The van der Waals surface area contributed by atoms with Crippen molar-refractivity contribution in [3.05, 3.63) is 48.8 Å². The number of hydrogen-bond donors (Lipinski definition) is 0. The van der Waals surface area contributed by atoms with E-state index in [9.17, 15) is 8.42 Å². The quantitative estimate of drug-likeness (QED) is 0.836. The van der Waals surface area contributed by atoms with Crippen molar-refractivity contribution in [3.63, 3.8) is 0 Å². The number of benzene rings is 1. The molecule has 0 saturated carbocycles. The van der Waals surface area contributed by atoms with Crippen LogP contribution in [0.25, 0.3) is 0 Å². The molecule has 1 aromatic carbocycles. The summed E-state index contributed by atoms with van der Waals surface area (Å²) in [5, 5.41) is 0. The Morgan fingerprint density at radius 1 is 1.18 bits per heavy atom. The van der Waals surface area contributed by atoms with E-state index < -0.39 is 10.0 Å². The molecule has 0 unspecified atom stereocenters. The van der Waals surface area contributed by atoms with Crippen molar-refractivity contribution in [2.45, 2.75) is 11.0 Å². The van der Waals surface area contributed by atoms with Crippen molar-refractivity contribution in [3.8, 4) is 11.5 Å². The number of aromatic nitrogens is 1. The average Bonchev–Trinajstić information content (AvgIpc) is 2.51. The third kappa shape index (κ3) is 2.77. The second-order valence-corrected chi connectivity index (χ2v) is 6.81. The summed E-state index contributed by atoms with van der Waals surface area (Å²) < 4.78 is 37.3. The topological polar surface area (TPSA) is 68.7 Å². The van der Waals surface area contributed by atoms with E-state index in [1.54, 1.807) is 48.8 Å². The number of hydrogen-bond acceptors (Lipinski definition) is 5. The Balaban J connectivity index is 1.69. The first-order valence-electron chi connectivity index (χ1n) is 6.81. The number of methoxy groups -OCH3 is 1. The summed E-state index contributed by atoms with van der Waals surface area (Å²) in [6.45, 7) is 0.630. The van der Waals surface area contributed by atoms with Gasteiger partial charge in [0.1, 0.15) is 22.5 Å². The maximum atomic E-state index is 12.6. The van der Waals surface area contributed by atoms with Gasteiger partial charge < -0.3 is 9.47 Å². The third-order valence-electron chi connectivity index (χ3n) is 3.44. The van der Waals surface area contributed by atoms with Gasteiger partial charge in [0.25, 0.3) is 0 Å². The van der Waals surface area contributed by atoms with E-state index in [1.165, 1.54) is 11.4 Å². The Morgan fingerprint density at radius 3 is 2.64 bits per heavy atom. The van der Waals surface area contributed by atoms with Crippen LogP contribution in [0.2, 0.25) is 0 Å². The normalized spacial score (nSPS) is 16.0. The van der Waals surface area contributed by atoms with E-state index in [0.717, 1.165) is 0 Å². The van der Waals surface area contributed by atoms with Gasteiger partial charge in [-0.05, 0) is 24.3 Å². The van der Waals surface area contributed by atoms with Crippen molar-refractivity contribution in [2.24, 2.45) is 0 Å². The molecular weight excluding hydrogens is 304 g/mol. The van der Waals surface area contributed by atoms with Crippen LogP contribution in [0.5, 0.6) is 11.5 Å². The van der Waals surface area contributed by atoms with Crippen LogP contribution in [0.3, 0.4) is 0 Å². The van der Waals surface area contributed by atoms with E-state index in [1.807, 2.05) is 0 Å². The molecule has 0 N–H and O–H groups in total. The van der Waals surface area contributed by atoms with Crippen LogP contribution in [0, 0.1) is 0 Å². The van der Waals surface area contributed by atoms with Crippen LogP contribution < -0.4 is 9.47 Å². The van der Waals surface area contributed by atoms with Gasteiger partial charge in [-0.15, -0.1) is 0 Å². The molecule has 116 valence electrons. The number of sulfonamides is 1. The predicted octanol–water partition coefficient (Wildman–Crippen LogP) is 1.54. The van der Waals surface area contributed by atoms with Crippen LogP contribution in [0.4, 0.5) is 0 Å². The van der Waals surface area contributed by atoms with E-state index in [0.29, 0.717) is 24.6 Å². The van der Waals surface area contributed by atoms with Gasteiger partial charge in [0.15, 0.2) is 0 Å². The van der Waals surface area contributed by atoms with E-state index in [2.05, 4.69) is 4.98 Å². The maximum absolute atomic E-state index is 12.6. The zero-order valence-corrected chi connectivity index (χ0v) is 12.9. The first-order chi connectivity index (χ1) is 10.6. The highest BCUT2D eigenvalue weighted by Crippen LogP contribution is 2.30. The van der Waals surface area contributed by atoms with Crippen LogP contribution in [0.1, 0.15) is 0 Å². The van der Waals surface area contributed by atoms with E-state index in [4.69, 9.17) is 9.47 Å². The molecule has 1 aliphatic heterocycles. The van der Waals surface area contributed by atoms with Crippen molar-refractivity contribution in [2.75, 3.05) is 20.2 Å². The van der Waals surface area contributed by atoms with Gasteiger partial charge in [0, 0.05) is 6.20 Å². The minimum atomic E-state index is -3.56. The zero-order chi connectivity index (χ0) is 15.6. The molecule has 1 saturated heterocycles. The van der Waals surface area contributed by atoms with Crippen molar-refractivity contribution in [1.82, 2.24) is 9.29 Å². The largest absolute Gasteiger partial charge is 0.495 e. The Morgan fingerprint density at radius 2 is 1.95 bits per heavy atom. The van der Waals surface area contributed by atoms with Crippen LogP contribution in [-0.2, 0) is 10.0 Å². The SMILES string of the molecule is COc1ccccc1S(=O)(=O)N1CC(Oc2cccnc2)C1. The molecule has 6 nitrogen and oxygen atoms in total. The smallest absolute Gasteiger partial charge is 0.247 e. The molecule has 1 aromatic heterocycles. The fraction of sp³-hybridized carbons (Fsp3) is 0.267. The zero-order valence-electron chi connectivity index (χ0n) is 12.0. The van der Waals surface area contributed by atoms with Crippen molar-refractivity contribution >= 4 is 10.0 Å². The van der Waals surface area contributed by atoms with Gasteiger partial charge in [-0.2, -0.15) is 4.31 Å². The number of rotatable bonds is 5. The summed E-state index contributed by atoms with van der Waals surface area (Å²) in [5.41, 5.74) is 0. The second-order valence-electron chi connectivity index (χ2n) is 4.90. The molecule has 0 atom stereocenters. The number of pyridine rings is 1. The molecule has 0 bridgehead atoms. The van der Waals surface area contributed by atoms with Gasteiger partial charge in [0.05, 0.1) is 26.4 Å². The van der Waals surface area contributed by atoms with Gasteiger partial charge in [-0.25, -0.2) is 8.42 Å².